The largest absolute Gasteiger partial charge is 0.452 e. The van der Waals surface area contributed by atoms with Gasteiger partial charge in [0.25, 0.3) is 5.91 Å². The van der Waals surface area contributed by atoms with E-state index in [1.165, 1.54) is 6.08 Å². The summed E-state index contributed by atoms with van der Waals surface area (Å²) in [6, 6.07) is 5.10. The summed E-state index contributed by atoms with van der Waals surface area (Å²) < 4.78 is 5.44. The first-order chi connectivity index (χ1) is 9.92. The molecule has 0 saturated heterocycles. The van der Waals surface area contributed by atoms with Crippen molar-refractivity contribution in [3.63, 3.8) is 0 Å². The van der Waals surface area contributed by atoms with Gasteiger partial charge >= 0.3 is 5.97 Å². The van der Waals surface area contributed by atoms with Gasteiger partial charge in [0.15, 0.2) is 6.61 Å². The number of allylic oxidation sites excluding steroid dienone is 1. The third-order valence-corrected chi connectivity index (χ3v) is 3.37. The van der Waals surface area contributed by atoms with Crippen LogP contribution in [-0.4, -0.2) is 18.5 Å². The van der Waals surface area contributed by atoms with E-state index in [0.717, 1.165) is 22.2 Å². The highest BCUT2D eigenvalue weighted by atomic mass is 79.9. The summed E-state index contributed by atoms with van der Waals surface area (Å²) >= 11 is 4.33. The smallest absolute Gasteiger partial charge is 0.331 e. The summed E-state index contributed by atoms with van der Waals surface area (Å²) in [5.74, 6) is -0.989. The van der Waals surface area contributed by atoms with E-state index >= 15 is 0 Å². The van der Waals surface area contributed by atoms with Crippen LogP contribution < -0.4 is 5.32 Å². The monoisotopic (exact) mass is 368 g/mol. The molecule has 0 heterocycles. The minimum Gasteiger partial charge on any atom is -0.452 e. The summed E-state index contributed by atoms with van der Waals surface area (Å²) in [5, 5.41) is 13.2. The van der Waals surface area contributed by atoms with E-state index in [-0.39, 0.29) is 6.61 Å². The Kier molecular flexibility index (Phi) is 6.99. The Morgan fingerprint density at radius 1 is 1.48 bits per heavy atom. The number of benzene rings is 1. The normalized spacial score (nSPS) is 9.43. The number of nitrogens with one attached hydrogen (secondary N) is 1. The van der Waals surface area contributed by atoms with Gasteiger partial charge in [-0.25, -0.2) is 4.79 Å². The van der Waals surface area contributed by atoms with Crippen LogP contribution in [0, 0.1) is 10.7 Å². The molecule has 1 rings (SSSR count). The molecule has 0 fully saturated rings. The number of nitrogens with zero attached hydrogens (tertiary/aromatic N) is 1. The van der Waals surface area contributed by atoms with Crippen LogP contribution in [0.2, 0.25) is 0 Å². The highest BCUT2D eigenvalue weighted by Crippen LogP contribution is 2.28. The zero-order valence-corrected chi connectivity index (χ0v) is 13.9. The summed E-state index contributed by atoms with van der Waals surface area (Å²) in [6.45, 7) is 3.17. The second-order valence-electron chi connectivity index (χ2n) is 4.21. The maximum atomic E-state index is 11.7. The zero-order chi connectivity index (χ0) is 15.8. The molecular formula is C14H13BrN2O3S. The Hall–Kier alpha value is -1.78. The fourth-order valence-electron chi connectivity index (χ4n) is 1.31. The predicted octanol–water partition coefficient (Wildman–Crippen LogP) is 3.47. The third-order valence-electron chi connectivity index (χ3n) is 2.13. The molecule has 0 saturated carbocycles. The standard InChI is InChI=1S/C14H13BrN2O3S/c1-9(2)5-14(19)20-7-13(18)17-12-4-3-10(21-8-16)6-11(12)15/h3-6H,7H2,1-2H3,(H,17,18). The van der Waals surface area contributed by atoms with Gasteiger partial charge in [-0.3, -0.25) is 4.79 Å². The van der Waals surface area contributed by atoms with Gasteiger partial charge < -0.3 is 10.1 Å². The molecule has 0 aromatic heterocycles. The molecule has 0 bridgehead atoms. The van der Waals surface area contributed by atoms with Crippen LogP contribution in [0.4, 0.5) is 5.69 Å². The molecule has 7 heteroatoms. The minimum atomic E-state index is -0.551. The van der Waals surface area contributed by atoms with Crippen LogP contribution in [0.5, 0.6) is 0 Å². The average molecular weight is 369 g/mol. The van der Waals surface area contributed by atoms with E-state index in [9.17, 15) is 9.59 Å². The highest BCUT2D eigenvalue weighted by molar-refractivity contribution is 9.10. The Morgan fingerprint density at radius 2 is 2.19 bits per heavy atom. The number of hydrogen-bond acceptors (Lipinski definition) is 5. The molecule has 0 radical (unpaired) electrons. The first-order valence-corrected chi connectivity index (χ1v) is 7.50. The number of esters is 1. The van der Waals surface area contributed by atoms with Crippen LogP contribution in [0.25, 0.3) is 0 Å². The second-order valence-corrected chi connectivity index (χ2v) is 5.93. The predicted molar refractivity (Wildman–Crippen MR) is 84.6 cm³/mol. The van der Waals surface area contributed by atoms with Crippen LogP contribution in [0.3, 0.4) is 0 Å². The molecule has 0 spiro atoms. The maximum Gasteiger partial charge on any atom is 0.331 e. The minimum absolute atomic E-state index is 0.357. The number of hydrogen-bond donors (Lipinski definition) is 1. The fourth-order valence-corrected chi connectivity index (χ4v) is 2.36. The zero-order valence-electron chi connectivity index (χ0n) is 11.5. The van der Waals surface area contributed by atoms with Crippen LogP contribution >= 0.6 is 27.7 Å². The highest BCUT2D eigenvalue weighted by Gasteiger charge is 2.09. The topological polar surface area (TPSA) is 79.2 Å². The number of halogens is 1. The molecule has 110 valence electrons. The van der Waals surface area contributed by atoms with E-state index in [1.54, 1.807) is 32.0 Å². The summed E-state index contributed by atoms with van der Waals surface area (Å²) in [5.41, 5.74) is 1.34. The SMILES string of the molecule is CC(C)=CC(=O)OCC(=O)Nc1ccc(SC#N)cc1Br. The van der Waals surface area contributed by atoms with Gasteiger partial charge in [-0.2, -0.15) is 5.26 Å². The Labute approximate surface area is 135 Å². The van der Waals surface area contributed by atoms with Gasteiger partial charge in [-0.15, -0.1) is 0 Å². The van der Waals surface area contributed by atoms with Crippen molar-refractivity contribution in [2.24, 2.45) is 0 Å². The van der Waals surface area contributed by atoms with Gasteiger partial charge in [0.05, 0.1) is 5.69 Å². The van der Waals surface area contributed by atoms with Crippen molar-refractivity contribution < 1.29 is 14.3 Å². The molecule has 0 aliphatic carbocycles. The quantitative estimate of drug-likeness (QED) is 0.372. The van der Waals surface area contributed by atoms with E-state index in [4.69, 9.17) is 10.00 Å². The number of thioether (sulfide) groups is 1. The molecule has 21 heavy (non-hydrogen) atoms. The lowest BCUT2D eigenvalue weighted by molar-refractivity contribution is -0.142. The molecule has 0 unspecified atom stereocenters. The molecule has 0 atom stereocenters. The number of carbonyl (C=O) groups is 2. The Bertz CT molecular complexity index is 619. The lowest BCUT2D eigenvalue weighted by Crippen LogP contribution is -2.20. The summed E-state index contributed by atoms with van der Waals surface area (Å²) in [6.07, 6.45) is 1.32. The van der Waals surface area contributed by atoms with Crippen LogP contribution in [0.1, 0.15) is 13.8 Å². The van der Waals surface area contributed by atoms with Gasteiger partial charge in [-0.05, 0) is 59.7 Å². The van der Waals surface area contributed by atoms with E-state index in [0.29, 0.717) is 10.2 Å². The molecule has 1 aromatic rings. The number of amides is 1. The van der Waals surface area contributed by atoms with Gasteiger partial charge in [0.2, 0.25) is 0 Å². The molecule has 1 aromatic carbocycles. The first kappa shape index (κ1) is 17.3. The number of rotatable bonds is 5. The van der Waals surface area contributed by atoms with Crippen LogP contribution in [0.15, 0.2) is 39.2 Å². The lowest BCUT2D eigenvalue weighted by atomic mass is 10.3. The average Bonchev–Trinajstić information content (AvgIpc) is 2.39. The number of ether oxygens (including phenoxy) is 1. The summed E-state index contributed by atoms with van der Waals surface area (Å²) in [4.78, 5) is 23.7. The number of anilines is 1. The van der Waals surface area contributed by atoms with Gasteiger partial charge in [-0.1, -0.05) is 5.57 Å². The lowest BCUT2D eigenvalue weighted by Gasteiger charge is -2.08. The van der Waals surface area contributed by atoms with Crippen LogP contribution in [-0.2, 0) is 14.3 Å². The van der Waals surface area contributed by atoms with E-state index < -0.39 is 11.9 Å². The molecule has 0 aliphatic rings. The number of thiocyanates is 1. The molecule has 5 nitrogen and oxygen atoms in total. The summed E-state index contributed by atoms with van der Waals surface area (Å²) in [7, 11) is 0. The van der Waals surface area contributed by atoms with E-state index in [2.05, 4.69) is 21.2 Å². The molecule has 1 amide bonds. The first-order valence-electron chi connectivity index (χ1n) is 5.89. The maximum absolute atomic E-state index is 11.7. The third kappa shape index (κ3) is 6.47. The van der Waals surface area contributed by atoms with Gasteiger partial charge in [0, 0.05) is 15.4 Å². The molecular weight excluding hydrogens is 356 g/mol. The Balaban J connectivity index is 2.57. The van der Waals surface area contributed by atoms with Crippen molar-refractivity contribution in [2.45, 2.75) is 18.7 Å². The second kappa shape index (κ2) is 8.49. The van der Waals surface area contributed by atoms with Crippen molar-refractivity contribution in [3.05, 3.63) is 34.3 Å². The van der Waals surface area contributed by atoms with E-state index in [1.807, 2.05) is 5.40 Å². The number of nitriles is 1. The van der Waals surface area contributed by atoms with Gasteiger partial charge in [0.1, 0.15) is 5.40 Å². The molecule has 1 N–H and O–H groups in total. The van der Waals surface area contributed by atoms with Crippen molar-refractivity contribution in [2.75, 3.05) is 11.9 Å². The van der Waals surface area contributed by atoms with Crippen molar-refractivity contribution in [1.29, 1.82) is 5.26 Å². The number of carbonyl (C=O) groups excluding carboxylic acids is 2. The van der Waals surface area contributed by atoms with Crippen molar-refractivity contribution in [1.82, 2.24) is 0 Å². The Morgan fingerprint density at radius 3 is 2.76 bits per heavy atom. The van der Waals surface area contributed by atoms with Crippen molar-refractivity contribution in [3.8, 4) is 5.40 Å². The molecule has 0 aliphatic heterocycles. The fraction of sp³-hybridized carbons (Fsp3) is 0.214. The van der Waals surface area contributed by atoms with Crippen molar-refractivity contribution >= 4 is 45.3 Å².